The molecular weight excluding hydrogens is 377 g/mol. The van der Waals surface area contributed by atoms with Gasteiger partial charge < -0.3 is 15.4 Å². The number of benzene rings is 2. The summed E-state index contributed by atoms with van der Waals surface area (Å²) in [4.78, 5) is 35.7. The van der Waals surface area contributed by atoms with Crippen LogP contribution in [0.2, 0.25) is 0 Å². The normalized spacial score (nSPS) is 17.6. The molecule has 2 atom stereocenters. The molecule has 9 heteroatoms. The second-order valence-corrected chi connectivity index (χ2v) is 6.22. The summed E-state index contributed by atoms with van der Waals surface area (Å²) in [6.07, 6.45) is 0.239. The highest BCUT2D eigenvalue weighted by molar-refractivity contribution is 6.03. The third-order valence-electron chi connectivity index (χ3n) is 4.33. The summed E-state index contributed by atoms with van der Waals surface area (Å²) in [5, 5.41) is 4.77. The highest BCUT2D eigenvalue weighted by atomic mass is 19.2. The zero-order chi connectivity index (χ0) is 20.4. The van der Waals surface area contributed by atoms with Gasteiger partial charge in [0.1, 0.15) is 0 Å². The predicted octanol–water partition coefficient (Wildman–Crippen LogP) is 3.10. The van der Waals surface area contributed by atoms with Crippen LogP contribution < -0.4 is 10.6 Å². The molecule has 0 aromatic heterocycles. The fourth-order valence-corrected chi connectivity index (χ4v) is 2.66. The Kier molecular flexibility index (Phi) is 5.34. The Morgan fingerprint density at radius 2 is 1.50 bits per heavy atom. The minimum Gasteiger partial charge on any atom is -0.465 e. The molecule has 0 aliphatic heterocycles. The largest absolute Gasteiger partial charge is 0.465 e. The van der Waals surface area contributed by atoms with Crippen molar-refractivity contribution in [1.82, 2.24) is 0 Å². The van der Waals surface area contributed by atoms with Crippen molar-refractivity contribution in [3.63, 3.8) is 0 Å². The van der Waals surface area contributed by atoms with Crippen LogP contribution >= 0.6 is 0 Å². The highest BCUT2D eigenvalue weighted by Crippen LogP contribution is 2.40. The van der Waals surface area contributed by atoms with Crippen LogP contribution in [0.15, 0.2) is 36.4 Å². The van der Waals surface area contributed by atoms with E-state index >= 15 is 0 Å². The molecule has 3 rings (SSSR count). The number of hydrogen-bond acceptors (Lipinski definition) is 4. The molecule has 2 unspecified atom stereocenters. The molecule has 2 N–H and O–H groups in total. The number of anilines is 2. The molecule has 1 saturated carbocycles. The van der Waals surface area contributed by atoms with Crippen molar-refractivity contribution in [2.75, 3.05) is 17.7 Å². The Hall–Kier alpha value is -3.36. The average Bonchev–Trinajstić information content (AvgIpc) is 3.49. The van der Waals surface area contributed by atoms with Crippen LogP contribution in [0.1, 0.15) is 16.8 Å². The first kappa shape index (κ1) is 19.4. The number of ether oxygens (including phenoxy) is 1. The lowest BCUT2D eigenvalue weighted by Gasteiger charge is -2.08. The fourth-order valence-electron chi connectivity index (χ4n) is 2.66. The van der Waals surface area contributed by atoms with Crippen LogP contribution in [-0.4, -0.2) is 24.9 Å². The second kappa shape index (κ2) is 7.71. The van der Waals surface area contributed by atoms with E-state index in [1.807, 2.05) is 0 Å². The Labute approximate surface area is 157 Å². The third-order valence-corrected chi connectivity index (χ3v) is 4.33. The third kappa shape index (κ3) is 3.98. The van der Waals surface area contributed by atoms with Gasteiger partial charge in [-0.25, -0.2) is 18.0 Å². The summed E-state index contributed by atoms with van der Waals surface area (Å²) in [6, 6.07) is 7.58. The Balaban J connectivity index is 1.57. The number of carbonyl (C=O) groups excluding carboxylic acids is 3. The minimum atomic E-state index is -1.68. The summed E-state index contributed by atoms with van der Waals surface area (Å²) in [6.45, 7) is 0. The standard InChI is InChI=1S/C19H15F3N2O4/c1-28-19(27)9-2-4-10(5-3-9)23-17(25)11-8-12(11)18(26)24-14-7-6-13(20)15(21)16(14)22/h2-7,11-12H,8H2,1H3,(H,23,25)(H,24,26). The van der Waals surface area contributed by atoms with Gasteiger partial charge in [-0.1, -0.05) is 0 Å². The van der Waals surface area contributed by atoms with E-state index in [-0.39, 0.29) is 6.42 Å². The topological polar surface area (TPSA) is 84.5 Å². The van der Waals surface area contributed by atoms with Crippen LogP contribution in [0.3, 0.4) is 0 Å². The molecule has 146 valence electrons. The summed E-state index contributed by atoms with van der Waals surface area (Å²) in [5.74, 6) is -7.48. The molecule has 0 heterocycles. The summed E-state index contributed by atoms with van der Waals surface area (Å²) in [5.41, 5.74) is 0.251. The lowest BCUT2D eigenvalue weighted by Crippen LogP contribution is -2.21. The Bertz CT molecular complexity index is 947. The van der Waals surface area contributed by atoms with E-state index in [9.17, 15) is 27.6 Å². The monoisotopic (exact) mass is 392 g/mol. The molecular formula is C19H15F3N2O4. The maximum absolute atomic E-state index is 13.6. The maximum Gasteiger partial charge on any atom is 0.337 e. The molecule has 0 spiro atoms. The van der Waals surface area contributed by atoms with E-state index in [1.54, 1.807) is 0 Å². The molecule has 0 saturated heterocycles. The summed E-state index contributed by atoms with van der Waals surface area (Å²) < 4.78 is 44.3. The van der Waals surface area contributed by atoms with E-state index in [1.165, 1.54) is 31.4 Å². The number of nitrogens with one attached hydrogen (secondary N) is 2. The van der Waals surface area contributed by atoms with Crippen molar-refractivity contribution in [1.29, 1.82) is 0 Å². The first-order valence-corrected chi connectivity index (χ1v) is 8.25. The quantitative estimate of drug-likeness (QED) is 0.605. The van der Waals surface area contributed by atoms with Gasteiger partial charge in [-0.3, -0.25) is 9.59 Å². The van der Waals surface area contributed by atoms with Gasteiger partial charge in [0, 0.05) is 5.69 Å². The minimum absolute atomic E-state index is 0.239. The SMILES string of the molecule is COC(=O)c1ccc(NC(=O)C2CC2C(=O)Nc2ccc(F)c(F)c2F)cc1. The second-order valence-electron chi connectivity index (χ2n) is 6.22. The number of carbonyl (C=O) groups is 3. The van der Waals surface area contributed by atoms with Crippen molar-refractivity contribution in [3.8, 4) is 0 Å². The van der Waals surface area contributed by atoms with Gasteiger partial charge in [0.05, 0.1) is 30.2 Å². The van der Waals surface area contributed by atoms with Gasteiger partial charge in [-0.2, -0.15) is 0 Å². The molecule has 2 amide bonds. The van der Waals surface area contributed by atoms with Crippen LogP contribution in [0, 0.1) is 29.3 Å². The molecule has 2 aromatic carbocycles. The Morgan fingerprint density at radius 1 is 0.893 bits per heavy atom. The van der Waals surface area contributed by atoms with Crippen molar-refractivity contribution >= 4 is 29.2 Å². The lowest BCUT2D eigenvalue weighted by atomic mass is 10.2. The Morgan fingerprint density at radius 3 is 2.11 bits per heavy atom. The summed E-state index contributed by atoms with van der Waals surface area (Å²) in [7, 11) is 1.25. The van der Waals surface area contributed by atoms with E-state index in [2.05, 4.69) is 15.4 Å². The summed E-state index contributed by atoms with van der Waals surface area (Å²) >= 11 is 0. The van der Waals surface area contributed by atoms with Gasteiger partial charge in [0.2, 0.25) is 11.8 Å². The smallest absolute Gasteiger partial charge is 0.337 e. The fraction of sp³-hybridized carbons (Fsp3) is 0.211. The molecule has 1 aliphatic carbocycles. The van der Waals surface area contributed by atoms with E-state index < -0.39 is 52.8 Å². The molecule has 28 heavy (non-hydrogen) atoms. The predicted molar refractivity (Wildman–Crippen MR) is 93.0 cm³/mol. The number of methoxy groups -OCH3 is 1. The van der Waals surface area contributed by atoms with Crippen LogP contribution in [0.25, 0.3) is 0 Å². The number of hydrogen-bond donors (Lipinski definition) is 2. The van der Waals surface area contributed by atoms with Crippen molar-refractivity contribution in [2.24, 2.45) is 11.8 Å². The van der Waals surface area contributed by atoms with Gasteiger partial charge in [-0.05, 0) is 42.8 Å². The van der Waals surface area contributed by atoms with Crippen LogP contribution in [-0.2, 0) is 14.3 Å². The number of esters is 1. The zero-order valence-electron chi connectivity index (χ0n) is 14.6. The number of rotatable bonds is 5. The molecule has 6 nitrogen and oxygen atoms in total. The molecule has 0 radical (unpaired) electrons. The van der Waals surface area contributed by atoms with Crippen molar-refractivity contribution in [2.45, 2.75) is 6.42 Å². The van der Waals surface area contributed by atoms with Crippen LogP contribution in [0.4, 0.5) is 24.5 Å². The number of halogens is 3. The van der Waals surface area contributed by atoms with Crippen molar-refractivity contribution in [3.05, 3.63) is 59.4 Å². The average molecular weight is 392 g/mol. The highest BCUT2D eigenvalue weighted by Gasteiger charge is 2.48. The van der Waals surface area contributed by atoms with Gasteiger partial charge in [-0.15, -0.1) is 0 Å². The van der Waals surface area contributed by atoms with Gasteiger partial charge >= 0.3 is 5.97 Å². The van der Waals surface area contributed by atoms with Crippen LogP contribution in [0.5, 0.6) is 0 Å². The molecule has 0 bridgehead atoms. The van der Waals surface area contributed by atoms with Crippen molar-refractivity contribution < 1.29 is 32.3 Å². The van der Waals surface area contributed by atoms with Gasteiger partial charge in [0.15, 0.2) is 17.5 Å². The number of amides is 2. The zero-order valence-corrected chi connectivity index (χ0v) is 14.6. The molecule has 1 fully saturated rings. The lowest BCUT2D eigenvalue weighted by molar-refractivity contribution is -0.122. The maximum atomic E-state index is 13.6. The first-order chi connectivity index (χ1) is 13.3. The molecule has 2 aromatic rings. The molecule has 1 aliphatic rings. The first-order valence-electron chi connectivity index (χ1n) is 8.25. The van der Waals surface area contributed by atoms with E-state index in [4.69, 9.17) is 0 Å². The van der Waals surface area contributed by atoms with E-state index in [0.29, 0.717) is 17.3 Å². The van der Waals surface area contributed by atoms with Gasteiger partial charge in [0.25, 0.3) is 0 Å². The van der Waals surface area contributed by atoms with E-state index in [0.717, 1.165) is 6.07 Å².